The molecule has 4 heteroatoms. The van der Waals surface area contributed by atoms with E-state index in [-0.39, 0.29) is 17.9 Å². The van der Waals surface area contributed by atoms with Gasteiger partial charge in [0, 0.05) is 11.7 Å². The predicted molar refractivity (Wildman–Crippen MR) is 58.4 cm³/mol. The number of aryl methyl sites for hydroxylation is 1. The largest absolute Gasteiger partial charge is 0.336 e. The van der Waals surface area contributed by atoms with Gasteiger partial charge in [0.1, 0.15) is 5.82 Å². The summed E-state index contributed by atoms with van der Waals surface area (Å²) >= 11 is 0. The Hall–Kier alpha value is -1.58. The molecular formula is C11H15FN2O. The Morgan fingerprint density at radius 3 is 2.53 bits per heavy atom. The van der Waals surface area contributed by atoms with E-state index < -0.39 is 0 Å². The fourth-order valence-electron chi connectivity index (χ4n) is 1.24. The van der Waals surface area contributed by atoms with Gasteiger partial charge in [0.05, 0.1) is 0 Å². The van der Waals surface area contributed by atoms with Crippen molar-refractivity contribution >= 4 is 11.7 Å². The van der Waals surface area contributed by atoms with Crippen LogP contribution in [-0.4, -0.2) is 12.1 Å². The molecule has 0 bridgehead atoms. The Labute approximate surface area is 88.7 Å². The van der Waals surface area contributed by atoms with E-state index in [1.54, 1.807) is 13.0 Å². The Balaban J connectivity index is 2.68. The molecule has 2 N–H and O–H groups in total. The Kier molecular flexibility index (Phi) is 3.66. The van der Waals surface area contributed by atoms with Gasteiger partial charge in [-0.3, -0.25) is 0 Å². The lowest BCUT2D eigenvalue weighted by molar-refractivity contribution is 0.250. The van der Waals surface area contributed by atoms with Crippen LogP contribution >= 0.6 is 0 Å². The molecule has 0 radical (unpaired) electrons. The molecule has 0 saturated heterocycles. The summed E-state index contributed by atoms with van der Waals surface area (Å²) in [5, 5.41) is 5.22. The molecule has 0 heterocycles. The lowest BCUT2D eigenvalue weighted by Crippen LogP contribution is -2.34. The van der Waals surface area contributed by atoms with Crippen molar-refractivity contribution in [2.45, 2.75) is 26.8 Å². The van der Waals surface area contributed by atoms with Crippen LogP contribution in [0, 0.1) is 12.7 Å². The lowest BCUT2D eigenvalue weighted by atomic mass is 10.2. The number of halogens is 1. The van der Waals surface area contributed by atoms with Crippen LogP contribution in [0.5, 0.6) is 0 Å². The third kappa shape index (κ3) is 3.97. The average Bonchev–Trinajstić information content (AvgIpc) is 1.98. The molecule has 0 unspecified atom stereocenters. The van der Waals surface area contributed by atoms with Crippen molar-refractivity contribution in [3.05, 3.63) is 29.6 Å². The average molecular weight is 210 g/mol. The zero-order chi connectivity index (χ0) is 11.4. The third-order valence-electron chi connectivity index (χ3n) is 1.72. The molecule has 1 aromatic carbocycles. The second-order valence-corrected chi connectivity index (χ2v) is 3.77. The van der Waals surface area contributed by atoms with E-state index in [2.05, 4.69) is 10.6 Å². The van der Waals surface area contributed by atoms with E-state index in [1.165, 1.54) is 12.1 Å². The maximum Gasteiger partial charge on any atom is 0.319 e. The van der Waals surface area contributed by atoms with E-state index in [0.29, 0.717) is 5.69 Å². The monoisotopic (exact) mass is 210 g/mol. The van der Waals surface area contributed by atoms with Crippen LogP contribution in [0.15, 0.2) is 18.2 Å². The van der Waals surface area contributed by atoms with E-state index in [1.807, 2.05) is 13.8 Å². The van der Waals surface area contributed by atoms with E-state index in [0.717, 1.165) is 5.56 Å². The first-order valence-corrected chi connectivity index (χ1v) is 4.82. The highest BCUT2D eigenvalue weighted by atomic mass is 19.1. The smallest absolute Gasteiger partial charge is 0.319 e. The summed E-state index contributed by atoms with van der Waals surface area (Å²) in [5.41, 5.74) is 1.24. The number of hydrogen-bond donors (Lipinski definition) is 2. The fraction of sp³-hybridized carbons (Fsp3) is 0.364. The molecular weight excluding hydrogens is 195 g/mol. The SMILES string of the molecule is Cc1cc(F)cc(NC(=O)NC(C)C)c1. The summed E-state index contributed by atoms with van der Waals surface area (Å²) in [5.74, 6) is -0.352. The molecule has 0 aliphatic heterocycles. The molecule has 0 fully saturated rings. The molecule has 1 aromatic rings. The fourth-order valence-corrected chi connectivity index (χ4v) is 1.24. The first-order valence-electron chi connectivity index (χ1n) is 4.82. The molecule has 0 atom stereocenters. The second-order valence-electron chi connectivity index (χ2n) is 3.77. The van der Waals surface area contributed by atoms with Gasteiger partial charge in [0.2, 0.25) is 0 Å². The standard InChI is InChI=1S/C11H15FN2O/c1-7(2)13-11(15)14-10-5-8(3)4-9(12)6-10/h4-7H,1-3H3,(H2,13,14,15). The van der Waals surface area contributed by atoms with E-state index in [9.17, 15) is 9.18 Å². The first-order chi connectivity index (χ1) is 6.97. The molecule has 82 valence electrons. The van der Waals surface area contributed by atoms with Gasteiger partial charge >= 0.3 is 6.03 Å². The van der Waals surface area contributed by atoms with Crippen molar-refractivity contribution in [1.29, 1.82) is 0 Å². The number of urea groups is 1. The third-order valence-corrected chi connectivity index (χ3v) is 1.72. The zero-order valence-electron chi connectivity index (χ0n) is 9.10. The van der Waals surface area contributed by atoms with Crippen LogP contribution in [0.4, 0.5) is 14.9 Å². The Morgan fingerprint density at radius 1 is 1.33 bits per heavy atom. The summed E-state index contributed by atoms with van der Waals surface area (Å²) in [6.07, 6.45) is 0. The quantitative estimate of drug-likeness (QED) is 0.774. The van der Waals surface area contributed by atoms with Gasteiger partial charge in [-0.05, 0) is 44.5 Å². The van der Waals surface area contributed by atoms with E-state index >= 15 is 0 Å². The van der Waals surface area contributed by atoms with Crippen LogP contribution in [0.25, 0.3) is 0 Å². The molecule has 15 heavy (non-hydrogen) atoms. The van der Waals surface area contributed by atoms with Crippen molar-refractivity contribution in [3.63, 3.8) is 0 Å². The number of anilines is 1. The Bertz CT molecular complexity index is 343. The highest BCUT2D eigenvalue weighted by Crippen LogP contribution is 2.12. The molecule has 0 spiro atoms. The molecule has 3 nitrogen and oxygen atoms in total. The molecule has 0 aliphatic carbocycles. The molecule has 2 amide bonds. The number of nitrogens with one attached hydrogen (secondary N) is 2. The number of hydrogen-bond acceptors (Lipinski definition) is 1. The van der Waals surface area contributed by atoms with Crippen molar-refractivity contribution in [3.8, 4) is 0 Å². The van der Waals surface area contributed by atoms with Crippen LogP contribution in [0.3, 0.4) is 0 Å². The van der Waals surface area contributed by atoms with Crippen molar-refractivity contribution in [2.75, 3.05) is 5.32 Å². The highest BCUT2D eigenvalue weighted by Gasteiger charge is 2.04. The predicted octanol–water partition coefficient (Wildman–Crippen LogP) is 2.66. The maximum atomic E-state index is 13.0. The topological polar surface area (TPSA) is 41.1 Å². The minimum Gasteiger partial charge on any atom is -0.336 e. The van der Waals surface area contributed by atoms with Crippen LogP contribution in [0.1, 0.15) is 19.4 Å². The van der Waals surface area contributed by atoms with Gasteiger partial charge in [0.15, 0.2) is 0 Å². The molecule has 1 rings (SSSR count). The number of rotatable bonds is 2. The number of benzene rings is 1. The van der Waals surface area contributed by atoms with Crippen molar-refractivity contribution in [2.24, 2.45) is 0 Å². The second kappa shape index (κ2) is 4.77. The van der Waals surface area contributed by atoms with Crippen LogP contribution in [-0.2, 0) is 0 Å². The molecule has 0 saturated carbocycles. The van der Waals surface area contributed by atoms with Crippen molar-refractivity contribution < 1.29 is 9.18 Å². The minimum atomic E-state index is -0.352. The number of carbonyl (C=O) groups excluding carboxylic acids is 1. The summed E-state index contributed by atoms with van der Waals surface area (Å²) in [6.45, 7) is 5.49. The summed E-state index contributed by atoms with van der Waals surface area (Å²) in [7, 11) is 0. The first kappa shape index (κ1) is 11.5. The Morgan fingerprint density at radius 2 is 2.00 bits per heavy atom. The summed E-state index contributed by atoms with van der Waals surface area (Å²) in [6, 6.07) is 4.14. The van der Waals surface area contributed by atoms with Gasteiger partial charge in [-0.2, -0.15) is 0 Å². The maximum absolute atomic E-state index is 13.0. The number of amides is 2. The van der Waals surface area contributed by atoms with Crippen LogP contribution < -0.4 is 10.6 Å². The van der Waals surface area contributed by atoms with E-state index in [4.69, 9.17) is 0 Å². The lowest BCUT2D eigenvalue weighted by Gasteiger charge is -2.10. The minimum absolute atomic E-state index is 0.0552. The van der Waals surface area contributed by atoms with Gasteiger partial charge in [-0.1, -0.05) is 0 Å². The summed E-state index contributed by atoms with van der Waals surface area (Å²) in [4.78, 5) is 11.3. The van der Waals surface area contributed by atoms with Gasteiger partial charge in [-0.15, -0.1) is 0 Å². The molecule has 0 aliphatic rings. The molecule has 0 aromatic heterocycles. The highest BCUT2D eigenvalue weighted by molar-refractivity contribution is 5.89. The zero-order valence-corrected chi connectivity index (χ0v) is 9.10. The summed E-state index contributed by atoms with van der Waals surface area (Å²) < 4.78 is 13.0. The van der Waals surface area contributed by atoms with Crippen LogP contribution in [0.2, 0.25) is 0 Å². The van der Waals surface area contributed by atoms with Gasteiger partial charge in [-0.25, -0.2) is 9.18 Å². The van der Waals surface area contributed by atoms with Gasteiger partial charge < -0.3 is 10.6 Å². The normalized spacial score (nSPS) is 10.2. The number of carbonyl (C=O) groups is 1. The van der Waals surface area contributed by atoms with Crippen molar-refractivity contribution in [1.82, 2.24) is 5.32 Å². The van der Waals surface area contributed by atoms with Gasteiger partial charge in [0.25, 0.3) is 0 Å².